The molecule has 0 bridgehead atoms. The van der Waals surface area contributed by atoms with Crippen LogP contribution >= 0.6 is 11.3 Å². The summed E-state index contributed by atoms with van der Waals surface area (Å²) in [6, 6.07) is 2.07. The zero-order chi connectivity index (χ0) is 11.0. The van der Waals surface area contributed by atoms with Crippen molar-refractivity contribution in [3.63, 3.8) is 0 Å². The minimum absolute atomic E-state index is 0.341. The molecule has 0 unspecified atom stereocenters. The first kappa shape index (κ1) is 10.1. The highest BCUT2D eigenvalue weighted by molar-refractivity contribution is 7.10. The molecule has 16 heavy (non-hydrogen) atoms. The number of H-pyrrole nitrogens is 1. The van der Waals surface area contributed by atoms with Gasteiger partial charge in [0, 0.05) is 35.3 Å². The largest absolute Gasteiger partial charge is 0.367 e. The van der Waals surface area contributed by atoms with Gasteiger partial charge in [-0.1, -0.05) is 0 Å². The number of thiazole rings is 1. The molecule has 1 aliphatic rings. The van der Waals surface area contributed by atoms with Gasteiger partial charge in [-0.05, 0) is 26.0 Å². The predicted octanol–water partition coefficient (Wildman–Crippen LogP) is 2.39. The highest BCUT2D eigenvalue weighted by Crippen LogP contribution is 2.49. The summed E-state index contributed by atoms with van der Waals surface area (Å²) < 4.78 is 0. The maximum atomic E-state index is 4.76. The Kier molecular flexibility index (Phi) is 2.33. The monoisotopic (exact) mass is 233 g/mol. The van der Waals surface area contributed by atoms with E-state index in [-0.39, 0.29) is 0 Å². The number of hydrogen-bond acceptors (Lipinski definition) is 3. The van der Waals surface area contributed by atoms with Crippen molar-refractivity contribution in [1.29, 1.82) is 0 Å². The Labute approximate surface area is 98.9 Å². The van der Waals surface area contributed by atoms with E-state index in [9.17, 15) is 0 Å². The second-order valence-corrected chi connectivity index (χ2v) is 5.31. The maximum absolute atomic E-state index is 4.76. The smallest absolute Gasteiger partial charge is 0.101 e. The minimum atomic E-state index is 0.341. The van der Waals surface area contributed by atoms with E-state index in [2.05, 4.69) is 21.7 Å². The van der Waals surface area contributed by atoms with Gasteiger partial charge in [-0.15, -0.1) is 11.3 Å². The Morgan fingerprint density at radius 2 is 2.44 bits per heavy atom. The highest BCUT2D eigenvalue weighted by Gasteiger charge is 2.46. The Hall–Kier alpha value is -1.13. The maximum Gasteiger partial charge on any atom is 0.101 e. The van der Waals surface area contributed by atoms with Gasteiger partial charge in [-0.25, -0.2) is 4.98 Å². The molecular formula is C12H15N3S. The Bertz CT molecular complexity index is 468. The van der Waals surface area contributed by atoms with Crippen molar-refractivity contribution < 1.29 is 0 Å². The molecule has 4 heteroatoms. The zero-order valence-electron chi connectivity index (χ0n) is 9.29. The summed E-state index contributed by atoms with van der Waals surface area (Å²) in [7, 11) is 2.01. The van der Waals surface area contributed by atoms with E-state index in [1.54, 1.807) is 11.3 Å². The quantitative estimate of drug-likeness (QED) is 0.851. The molecular weight excluding hydrogens is 218 g/mol. The van der Waals surface area contributed by atoms with Crippen molar-refractivity contribution >= 4 is 11.3 Å². The molecule has 3 rings (SSSR count). The van der Waals surface area contributed by atoms with Crippen molar-refractivity contribution in [1.82, 2.24) is 15.3 Å². The van der Waals surface area contributed by atoms with E-state index < -0.39 is 0 Å². The van der Waals surface area contributed by atoms with Gasteiger partial charge in [0.15, 0.2) is 0 Å². The van der Waals surface area contributed by atoms with Crippen LogP contribution in [0.5, 0.6) is 0 Å². The summed E-state index contributed by atoms with van der Waals surface area (Å²) >= 11 is 1.79. The fourth-order valence-electron chi connectivity index (χ4n) is 2.09. The van der Waals surface area contributed by atoms with E-state index in [1.165, 1.54) is 23.4 Å². The van der Waals surface area contributed by atoms with Crippen molar-refractivity contribution in [2.24, 2.45) is 0 Å². The topological polar surface area (TPSA) is 40.7 Å². The number of aromatic nitrogens is 2. The molecule has 0 atom stereocenters. The molecule has 0 aromatic carbocycles. The molecule has 0 radical (unpaired) electrons. The third-order valence-electron chi connectivity index (χ3n) is 3.22. The second kappa shape index (κ2) is 3.71. The number of nitrogens with one attached hydrogen (secondary N) is 2. The van der Waals surface area contributed by atoms with E-state index in [0.717, 1.165) is 12.2 Å². The Balaban J connectivity index is 1.88. The van der Waals surface area contributed by atoms with E-state index in [1.807, 2.05) is 19.4 Å². The first-order valence-electron chi connectivity index (χ1n) is 5.58. The molecule has 2 aromatic heterocycles. The highest BCUT2D eigenvalue weighted by atomic mass is 32.1. The lowest BCUT2D eigenvalue weighted by atomic mass is 10.1. The molecule has 0 amide bonds. The van der Waals surface area contributed by atoms with Gasteiger partial charge in [0.25, 0.3) is 0 Å². The van der Waals surface area contributed by atoms with Gasteiger partial charge in [0.05, 0.1) is 5.69 Å². The SMILES string of the molecule is CNCC1(c2nc(-c3cc[nH]c3)cs2)CC1. The molecule has 2 aromatic rings. The molecule has 84 valence electrons. The lowest BCUT2D eigenvalue weighted by Crippen LogP contribution is -2.23. The van der Waals surface area contributed by atoms with Gasteiger partial charge in [0.2, 0.25) is 0 Å². The van der Waals surface area contributed by atoms with Crippen molar-refractivity contribution in [3.8, 4) is 11.3 Å². The predicted molar refractivity (Wildman–Crippen MR) is 66.7 cm³/mol. The van der Waals surface area contributed by atoms with Crippen molar-refractivity contribution in [3.05, 3.63) is 28.8 Å². The first-order valence-corrected chi connectivity index (χ1v) is 6.46. The second-order valence-electron chi connectivity index (χ2n) is 4.45. The molecule has 0 aliphatic heterocycles. The number of hydrogen-bond donors (Lipinski definition) is 2. The van der Waals surface area contributed by atoms with Crippen LogP contribution in [-0.4, -0.2) is 23.6 Å². The van der Waals surface area contributed by atoms with Crippen LogP contribution in [0.1, 0.15) is 17.8 Å². The van der Waals surface area contributed by atoms with Gasteiger partial charge >= 0.3 is 0 Å². The summed E-state index contributed by atoms with van der Waals surface area (Å²) in [4.78, 5) is 7.83. The van der Waals surface area contributed by atoms with Crippen molar-refractivity contribution in [2.75, 3.05) is 13.6 Å². The molecule has 2 heterocycles. The first-order chi connectivity index (χ1) is 7.84. The van der Waals surface area contributed by atoms with E-state index >= 15 is 0 Å². The van der Waals surface area contributed by atoms with E-state index in [4.69, 9.17) is 4.98 Å². The number of likely N-dealkylation sites (N-methyl/N-ethyl adjacent to an activating group) is 1. The lowest BCUT2D eigenvalue weighted by Gasteiger charge is -2.10. The molecule has 0 spiro atoms. The molecule has 1 saturated carbocycles. The van der Waals surface area contributed by atoms with Crippen LogP contribution in [0, 0.1) is 0 Å². The van der Waals surface area contributed by atoms with Crippen molar-refractivity contribution in [2.45, 2.75) is 18.3 Å². The van der Waals surface area contributed by atoms with E-state index in [0.29, 0.717) is 5.41 Å². The van der Waals surface area contributed by atoms with Crippen LogP contribution in [0.2, 0.25) is 0 Å². The number of rotatable bonds is 4. The summed E-state index contributed by atoms with van der Waals surface area (Å²) in [5, 5.41) is 6.72. The fraction of sp³-hybridized carbons (Fsp3) is 0.417. The average Bonchev–Trinajstić information content (AvgIpc) is 2.76. The summed E-state index contributed by atoms with van der Waals surface area (Å²) in [6.45, 7) is 1.05. The van der Waals surface area contributed by atoms with Crippen LogP contribution in [0.3, 0.4) is 0 Å². The molecule has 3 nitrogen and oxygen atoms in total. The van der Waals surface area contributed by atoms with Gasteiger partial charge in [-0.2, -0.15) is 0 Å². The van der Waals surface area contributed by atoms with Crippen LogP contribution in [0.25, 0.3) is 11.3 Å². The van der Waals surface area contributed by atoms with Crippen LogP contribution in [0.4, 0.5) is 0 Å². The summed E-state index contributed by atoms with van der Waals surface area (Å²) in [5.41, 5.74) is 2.62. The standard InChI is InChI=1S/C12H15N3S/c1-13-8-12(3-4-12)11-15-10(7-16-11)9-2-5-14-6-9/h2,5-7,13-14H,3-4,8H2,1H3. The zero-order valence-corrected chi connectivity index (χ0v) is 10.1. The van der Waals surface area contributed by atoms with Gasteiger partial charge in [-0.3, -0.25) is 0 Å². The number of aromatic amines is 1. The van der Waals surface area contributed by atoms with Gasteiger partial charge < -0.3 is 10.3 Å². The lowest BCUT2D eigenvalue weighted by molar-refractivity contribution is 0.621. The number of nitrogens with zero attached hydrogens (tertiary/aromatic N) is 1. The normalized spacial score (nSPS) is 17.6. The minimum Gasteiger partial charge on any atom is -0.367 e. The third-order valence-corrected chi connectivity index (χ3v) is 4.31. The van der Waals surface area contributed by atoms with Gasteiger partial charge in [0.1, 0.15) is 5.01 Å². The van der Waals surface area contributed by atoms with Crippen LogP contribution in [-0.2, 0) is 5.41 Å². The van der Waals surface area contributed by atoms with Crippen LogP contribution in [0.15, 0.2) is 23.8 Å². The molecule has 1 aliphatic carbocycles. The Morgan fingerprint density at radius 1 is 1.56 bits per heavy atom. The molecule has 1 fully saturated rings. The summed E-state index contributed by atoms with van der Waals surface area (Å²) in [5.74, 6) is 0. The molecule has 2 N–H and O–H groups in total. The Morgan fingerprint density at radius 3 is 3.06 bits per heavy atom. The fourth-order valence-corrected chi connectivity index (χ4v) is 3.18. The summed E-state index contributed by atoms with van der Waals surface area (Å²) in [6.07, 6.45) is 6.48. The third kappa shape index (κ3) is 1.58. The average molecular weight is 233 g/mol. The molecule has 0 saturated heterocycles. The van der Waals surface area contributed by atoms with Crippen LogP contribution < -0.4 is 5.32 Å².